The maximum Gasteiger partial charge on any atom is 0.234 e. The van der Waals surface area contributed by atoms with E-state index < -0.39 is 17.0 Å². The van der Waals surface area contributed by atoms with Crippen molar-refractivity contribution in [1.29, 1.82) is 0 Å². The van der Waals surface area contributed by atoms with Crippen LogP contribution in [-0.2, 0) is 4.79 Å². The third-order valence-corrected chi connectivity index (χ3v) is 2.00. The van der Waals surface area contributed by atoms with Crippen LogP contribution in [0.4, 0.5) is 4.39 Å². The molecule has 2 N–H and O–H groups in total. The van der Waals surface area contributed by atoms with Crippen molar-refractivity contribution in [3.63, 3.8) is 0 Å². The first-order valence-corrected chi connectivity index (χ1v) is 3.86. The number of hydrogen-bond acceptors (Lipinski definition) is 2. The molecule has 1 unspecified atom stereocenters. The van der Waals surface area contributed by atoms with Gasteiger partial charge in [-0.1, -0.05) is 18.2 Å². The fraction of sp³-hybridized carbons (Fsp3) is 0.125. The van der Waals surface area contributed by atoms with Gasteiger partial charge in [-0.3, -0.25) is 4.79 Å². The van der Waals surface area contributed by atoms with E-state index in [1.807, 2.05) is 0 Å². The summed E-state index contributed by atoms with van der Waals surface area (Å²) in [5.41, 5.74) is 5.17. The number of benzene rings is 1. The third kappa shape index (κ3) is 1.76. The highest BCUT2D eigenvalue weighted by Gasteiger charge is 2.15. The molecule has 0 heterocycles. The van der Waals surface area contributed by atoms with Crippen LogP contribution in [0.2, 0.25) is 0 Å². The van der Waals surface area contributed by atoms with Crippen LogP contribution in [0.15, 0.2) is 24.3 Å². The van der Waals surface area contributed by atoms with E-state index in [0.29, 0.717) is 0 Å². The number of nitrogens with two attached hydrogens (primary N) is 1. The first kappa shape index (κ1) is 9.06. The van der Waals surface area contributed by atoms with Gasteiger partial charge in [0.05, 0.1) is 0 Å². The number of carbonyl (C=O) groups is 1. The smallest absolute Gasteiger partial charge is 0.234 e. The standard InChI is InChI=1S/C8H8FNOS/c9-6-4-2-1-3-5(6)7(12)8(10)11/h1-4,7,12H,(H2,10,11). The molecule has 0 aromatic heterocycles. The Morgan fingerprint density at radius 3 is 2.58 bits per heavy atom. The second-order valence-corrected chi connectivity index (χ2v) is 2.84. The van der Waals surface area contributed by atoms with Gasteiger partial charge >= 0.3 is 0 Å². The van der Waals surface area contributed by atoms with Gasteiger partial charge in [0.25, 0.3) is 0 Å². The number of amides is 1. The second-order valence-electron chi connectivity index (χ2n) is 2.33. The van der Waals surface area contributed by atoms with Crippen LogP contribution in [0, 0.1) is 5.82 Å². The summed E-state index contributed by atoms with van der Waals surface area (Å²) in [5, 5.41) is -0.869. The normalized spacial score (nSPS) is 12.5. The van der Waals surface area contributed by atoms with E-state index in [2.05, 4.69) is 12.6 Å². The lowest BCUT2D eigenvalue weighted by molar-refractivity contribution is -0.117. The fourth-order valence-electron chi connectivity index (χ4n) is 0.850. The number of hydrogen-bond donors (Lipinski definition) is 2. The van der Waals surface area contributed by atoms with Crippen LogP contribution in [0.5, 0.6) is 0 Å². The molecular formula is C8H8FNOS. The first-order valence-electron chi connectivity index (χ1n) is 3.34. The molecule has 1 aromatic rings. The second kappa shape index (κ2) is 3.58. The van der Waals surface area contributed by atoms with Crippen LogP contribution in [0.25, 0.3) is 0 Å². The zero-order chi connectivity index (χ0) is 9.14. The molecule has 0 saturated heterocycles. The summed E-state index contributed by atoms with van der Waals surface area (Å²) in [6.45, 7) is 0. The number of halogens is 1. The summed E-state index contributed by atoms with van der Waals surface area (Å²) in [4.78, 5) is 10.6. The molecule has 0 saturated carbocycles. The minimum Gasteiger partial charge on any atom is -0.368 e. The average Bonchev–Trinajstić information content (AvgIpc) is 2.04. The van der Waals surface area contributed by atoms with Gasteiger partial charge in [-0.05, 0) is 6.07 Å². The van der Waals surface area contributed by atoms with Gasteiger partial charge in [0, 0.05) is 5.56 Å². The van der Waals surface area contributed by atoms with Gasteiger partial charge in [-0.2, -0.15) is 12.6 Å². The van der Waals surface area contributed by atoms with Gasteiger partial charge in [-0.25, -0.2) is 4.39 Å². The Kier molecular flexibility index (Phi) is 2.70. The molecule has 0 aliphatic rings. The lowest BCUT2D eigenvalue weighted by atomic mass is 10.1. The van der Waals surface area contributed by atoms with E-state index in [9.17, 15) is 9.18 Å². The van der Waals surface area contributed by atoms with Gasteiger partial charge in [0.2, 0.25) is 5.91 Å². The molecule has 0 radical (unpaired) electrons. The molecule has 1 rings (SSSR count). The van der Waals surface area contributed by atoms with Crippen molar-refractivity contribution < 1.29 is 9.18 Å². The summed E-state index contributed by atoms with van der Waals surface area (Å²) >= 11 is 3.87. The highest BCUT2D eigenvalue weighted by atomic mass is 32.1. The van der Waals surface area contributed by atoms with E-state index in [1.54, 1.807) is 12.1 Å². The van der Waals surface area contributed by atoms with Crippen molar-refractivity contribution in [2.45, 2.75) is 5.25 Å². The van der Waals surface area contributed by atoms with Crippen molar-refractivity contribution in [1.82, 2.24) is 0 Å². The summed E-state index contributed by atoms with van der Waals surface area (Å²) < 4.78 is 12.9. The van der Waals surface area contributed by atoms with Gasteiger partial charge in [0.1, 0.15) is 11.1 Å². The van der Waals surface area contributed by atoms with E-state index in [-0.39, 0.29) is 5.56 Å². The highest BCUT2D eigenvalue weighted by molar-refractivity contribution is 7.81. The minimum atomic E-state index is -0.869. The predicted octanol–water partition coefficient (Wildman–Crippen LogP) is 1.28. The topological polar surface area (TPSA) is 43.1 Å². The molecule has 0 aliphatic heterocycles. The SMILES string of the molecule is NC(=O)C(S)c1ccccc1F. The molecular weight excluding hydrogens is 177 g/mol. The van der Waals surface area contributed by atoms with E-state index in [0.717, 1.165) is 0 Å². The lowest BCUT2D eigenvalue weighted by Gasteiger charge is -2.06. The lowest BCUT2D eigenvalue weighted by Crippen LogP contribution is -2.17. The predicted molar refractivity (Wildman–Crippen MR) is 47.3 cm³/mol. The van der Waals surface area contributed by atoms with E-state index in [1.165, 1.54) is 12.1 Å². The number of thiol groups is 1. The van der Waals surface area contributed by atoms with Crippen LogP contribution in [0.3, 0.4) is 0 Å². The quantitative estimate of drug-likeness (QED) is 0.670. The Labute approximate surface area is 75.0 Å². The Morgan fingerprint density at radius 1 is 1.50 bits per heavy atom. The molecule has 0 bridgehead atoms. The van der Waals surface area contributed by atoms with Gasteiger partial charge in [-0.15, -0.1) is 0 Å². The van der Waals surface area contributed by atoms with E-state index >= 15 is 0 Å². The molecule has 1 aromatic carbocycles. The van der Waals surface area contributed by atoms with Crippen molar-refractivity contribution in [2.24, 2.45) is 5.73 Å². The molecule has 4 heteroatoms. The number of rotatable bonds is 2. The summed E-state index contributed by atoms with van der Waals surface area (Å²) in [5.74, 6) is -1.11. The molecule has 0 fully saturated rings. The van der Waals surface area contributed by atoms with Gasteiger partial charge in [0.15, 0.2) is 0 Å². The highest BCUT2D eigenvalue weighted by Crippen LogP contribution is 2.21. The van der Waals surface area contributed by atoms with Crippen molar-refractivity contribution in [3.05, 3.63) is 35.6 Å². The molecule has 12 heavy (non-hydrogen) atoms. The third-order valence-electron chi connectivity index (χ3n) is 1.47. The molecule has 0 spiro atoms. The average molecular weight is 185 g/mol. The van der Waals surface area contributed by atoms with Crippen LogP contribution >= 0.6 is 12.6 Å². The maximum absolute atomic E-state index is 12.9. The Bertz CT molecular complexity index is 303. The van der Waals surface area contributed by atoms with Crippen LogP contribution in [0.1, 0.15) is 10.8 Å². The Morgan fingerprint density at radius 2 is 2.08 bits per heavy atom. The number of primary amides is 1. The monoisotopic (exact) mass is 185 g/mol. The van der Waals surface area contributed by atoms with E-state index in [4.69, 9.17) is 5.73 Å². The number of carbonyl (C=O) groups excluding carboxylic acids is 1. The Balaban J connectivity index is 3.02. The summed E-state index contributed by atoms with van der Waals surface area (Å²) in [6.07, 6.45) is 0. The maximum atomic E-state index is 12.9. The van der Waals surface area contributed by atoms with Crippen molar-refractivity contribution >= 4 is 18.5 Å². The molecule has 2 nitrogen and oxygen atoms in total. The van der Waals surface area contributed by atoms with Gasteiger partial charge < -0.3 is 5.73 Å². The van der Waals surface area contributed by atoms with Crippen LogP contribution in [-0.4, -0.2) is 5.91 Å². The molecule has 1 atom stereocenters. The van der Waals surface area contributed by atoms with Crippen molar-refractivity contribution in [3.8, 4) is 0 Å². The Hall–Kier alpha value is -1.03. The summed E-state index contributed by atoms with van der Waals surface area (Å²) in [7, 11) is 0. The zero-order valence-electron chi connectivity index (χ0n) is 6.20. The first-order chi connectivity index (χ1) is 5.63. The zero-order valence-corrected chi connectivity index (χ0v) is 7.09. The van der Waals surface area contributed by atoms with Crippen molar-refractivity contribution in [2.75, 3.05) is 0 Å². The van der Waals surface area contributed by atoms with Crippen LogP contribution < -0.4 is 5.73 Å². The molecule has 0 aliphatic carbocycles. The summed E-state index contributed by atoms with van der Waals surface area (Å²) in [6, 6.07) is 5.92. The minimum absolute atomic E-state index is 0.216. The molecule has 1 amide bonds. The fourth-order valence-corrected chi connectivity index (χ4v) is 1.06. The molecule has 64 valence electrons. The largest absolute Gasteiger partial charge is 0.368 e.